The molecule has 0 aromatic carbocycles. The fourth-order valence-corrected chi connectivity index (χ4v) is 0.543. The van der Waals surface area contributed by atoms with E-state index in [-0.39, 0.29) is 5.57 Å². The smallest absolute Gasteiger partial charge is 0.414 e. The standard InChI is InChI=1S/C9H13NO4/c1-5-10-9(12)14-7(4)13-8(11)6(2)3/h5,7H,1-2H2,3-4H3,(H,10,12). The average molecular weight is 199 g/mol. The van der Waals surface area contributed by atoms with Crippen molar-refractivity contribution in [2.24, 2.45) is 0 Å². The molecule has 1 unspecified atom stereocenters. The van der Waals surface area contributed by atoms with Crippen molar-refractivity contribution in [3.05, 3.63) is 24.9 Å². The van der Waals surface area contributed by atoms with E-state index in [1.54, 1.807) is 0 Å². The van der Waals surface area contributed by atoms with Crippen molar-refractivity contribution in [1.29, 1.82) is 0 Å². The van der Waals surface area contributed by atoms with Crippen LogP contribution in [0.25, 0.3) is 0 Å². The number of esters is 1. The summed E-state index contributed by atoms with van der Waals surface area (Å²) in [7, 11) is 0. The van der Waals surface area contributed by atoms with Gasteiger partial charge in [0.25, 0.3) is 0 Å². The van der Waals surface area contributed by atoms with Gasteiger partial charge in [0.1, 0.15) is 0 Å². The Hall–Kier alpha value is -1.78. The minimum atomic E-state index is -0.959. The molecule has 0 aromatic rings. The summed E-state index contributed by atoms with van der Waals surface area (Å²) in [6, 6.07) is 0. The van der Waals surface area contributed by atoms with Crippen LogP contribution in [0.2, 0.25) is 0 Å². The maximum absolute atomic E-state index is 10.9. The Bertz CT molecular complexity index is 260. The van der Waals surface area contributed by atoms with Gasteiger partial charge in [-0.05, 0) is 13.1 Å². The van der Waals surface area contributed by atoms with Crippen molar-refractivity contribution in [1.82, 2.24) is 5.32 Å². The number of hydrogen-bond acceptors (Lipinski definition) is 4. The zero-order valence-electron chi connectivity index (χ0n) is 8.20. The van der Waals surface area contributed by atoms with Gasteiger partial charge in [0.15, 0.2) is 0 Å². The lowest BCUT2D eigenvalue weighted by Gasteiger charge is -2.13. The average Bonchev–Trinajstić information content (AvgIpc) is 2.03. The first-order chi connectivity index (χ1) is 6.47. The zero-order valence-corrected chi connectivity index (χ0v) is 8.20. The monoisotopic (exact) mass is 199 g/mol. The van der Waals surface area contributed by atoms with Crippen LogP contribution in [0.3, 0.4) is 0 Å². The Labute approximate surface area is 82.4 Å². The molecule has 5 heteroatoms. The normalized spacial score (nSPS) is 11.0. The van der Waals surface area contributed by atoms with E-state index in [0.717, 1.165) is 6.20 Å². The molecule has 0 spiro atoms. The number of carbonyl (C=O) groups excluding carboxylic acids is 2. The molecule has 14 heavy (non-hydrogen) atoms. The third-order valence-corrected chi connectivity index (χ3v) is 1.11. The molecule has 0 bridgehead atoms. The molecule has 0 fully saturated rings. The first-order valence-electron chi connectivity index (χ1n) is 3.92. The van der Waals surface area contributed by atoms with Gasteiger partial charge >= 0.3 is 12.1 Å². The van der Waals surface area contributed by atoms with E-state index in [4.69, 9.17) is 0 Å². The molecule has 1 atom stereocenters. The van der Waals surface area contributed by atoms with E-state index in [0.29, 0.717) is 0 Å². The number of alkyl carbamates (subject to hydrolysis) is 1. The van der Waals surface area contributed by atoms with Gasteiger partial charge in [0, 0.05) is 12.5 Å². The molecular formula is C9H13NO4. The maximum Gasteiger partial charge on any atom is 0.414 e. The van der Waals surface area contributed by atoms with Gasteiger partial charge in [0.05, 0.1) is 0 Å². The Morgan fingerprint density at radius 3 is 2.43 bits per heavy atom. The molecule has 0 saturated heterocycles. The van der Waals surface area contributed by atoms with Crippen molar-refractivity contribution in [2.75, 3.05) is 0 Å². The summed E-state index contributed by atoms with van der Waals surface area (Å²) >= 11 is 0. The van der Waals surface area contributed by atoms with Crippen molar-refractivity contribution >= 4 is 12.1 Å². The number of ether oxygens (including phenoxy) is 2. The summed E-state index contributed by atoms with van der Waals surface area (Å²) in [6.07, 6.45) is -0.531. The van der Waals surface area contributed by atoms with Crippen LogP contribution in [0.1, 0.15) is 13.8 Å². The molecule has 78 valence electrons. The van der Waals surface area contributed by atoms with E-state index in [1.807, 2.05) is 0 Å². The van der Waals surface area contributed by atoms with Gasteiger partial charge in [-0.15, -0.1) is 0 Å². The molecule has 0 aliphatic carbocycles. The third kappa shape index (κ3) is 4.97. The number of amides is 1. The maximum atomic E-state index is 10.9. The quantitative estimate of drug-likeness (QED) is 0.421. The number of hydrogen-bond donors (Lipinski definition) is 1. The van der Waals surface area contributed by atoms with Gasteiger partial charge in [-0.3, -0.25) is 5.32 Å². The molecule has 0 saturated carbocycles. The van der Waals surface area contributed by atoms with Gasteiger partial charge in [-0.25, -0.2) is 9.59 Å². The van der Waals surface area contributed by atoms with Gasteiger partial charge < -0.3 is 9.47 Å². The molecule has 0 aliphatic heterocycles. The van der Waals surface area contributed by atoms with Crippen LogP contribution in [-0.2, 0) is 14.3 Å². The highest BCUT2D eigenvalue weighted by Crippen LogP contribution is 1.99. The lowest BCUT2D eigenvalue weighted by Crippen LogP contribution is -2.27. The highest BCUT2D eigenvalue weighted by molar-refractivity contribution is 5.87. The molecule has 1 amide bonds. The second kappa shape index (κ2) is 5.80. The molecule has 0 rings (SSSR count). The second-order valence-electron chi connectivity index (χ2n) is 2.51. The van der Waals surface area contributed by atoms with Crippen LogP contribution in [0.15, 0.2) is 24.9 Å². The molecule has 0 radical (unpaired) electrons. The molecular weight excluding hydrogens is 186 g/mol. The van der Waals surface area contributed by atoms with Crippen LogP contribution in [0, 0.1) is 0 Å². The topological polar surface area (TPSA) is 64.6 Å². The first-order valence-corrected chi connectivity index (χ1v) is 3.92. The van der Waals surface area contributed by atoms with E-state index in [2.05, 4.69) is 27.9 Å². The predicted molar refractivity (Wildman–Crippen MR) is 50.2 cm³/mol. The van der Waals surface area contributed by atoms with Gasteiger partial charge in [-0.2, -0.15) is 0 Å². The fourth-order valence-electron chi connectivity index (χ4n) is 0.543. The summed E-state index contributed by atoms with van der Waals surface area (Å²) in [6.45, 7) is 9.56. The van der Waals surface area contributed by atoms with Crippen molar-refractivity contribution in [2.45, 2.75) is 20.1 Å². The summed E-state index contributed by atoms with van der Waals surface area (Å²) < 4.78 is 9.28. The van der Waals surface area contributed by atoms with Crippen LogP contribution in [0.4, 0.5) is 4.79 Å². The van der Waals surface area contributed by atoms with E-state index >= 15 is 0 Å². The lowest BCUT2D eigenvalue weighted by molar-refractivity contribution is -0.159. The molecule has 1 N–H and O–H groups in total. The highest BCUT2D eigenvalue weighted by atomic mass is 16.7. The van der Waals surface area contributed by atoms with E-state index in [1.165, 1.54) is 13.8 Å². The number of carbonyl (C=O) groups is 2. The Morgan fingerprint density at radius 1 is 1.43 bits per heavy atom. The second-order valence-corrected chi connectivity index (χ2v) is 2.51. The molecule has 0 aliphatic rings. The van der Waals surface area contributed by atoms with Gasteiger partial charge in [0.2, 0.25) is 6.29 Å². The van der Waals surface area contributed by atoms with Crippen LogP contribution < -0.4 is 5.32 Å². The largest absolute Gasteiger partial charge is 0.422 e. The third-order valence-electron chi connectivity index (χ3n) is 1.11. The van der Waals surface area contributed by atoms with E-state index in [9.17, 15) is 9.59 Å². The van der Waals surface area contributed by atoms with Crippen molar-refractivity contribution in [3.8, 4) is 0 Å². The first kappa shape index (κ1) is 12.2. The fraction of sp³-hybridized carbons (Fsp3) is 0.333. The molecule has 0 heterocycles. The molecule has 5 nitrogen and oxygen atoms in total. The van der Waals surface area contributed by atoms with Crippen LogP contribution in [0.5, 0.6) is 0 Å². The Kier molecular flexibility index (Phi) is 5.06. The van der Waals surface area contributed by atoms with Crippen molar-refractivity contribution < 1.29 is 19.1 Å². The summed E-state index contributed by atoms with van der Waals surface area (Å²) in [5.74, 6) is -0.607. The SMILES string of the molecule is C=CNC(=O)OC(C)OC(=O)C(=C)C. The lowest BCUT2D eigenvalue weighted by atomic mass is 10.4. The highest BCUT2D eigenvalue weighted by Gasteiger charge is 2.13. The summed E-state index contributed by atoms with van der Waals surface area (Å²) in [5, 5.41) is 2.17. The number of rotatable bonds is 4. The summed E-state index contributed by atoms with van der Waals surface area (Å²) in [5.41, 5.74) is 0.240. The van der Waals surface area contributed by atoms with E-state index < -0.39 is 18.4 Å². The summed E-state index contributed by atoms with van der Waals surface area (Å²) in [4.78, 5) is 21.7. The minimum absolute atomic E-state index is 0.240. The number of nitrogens with one attached hydrogen (secondary N) is 1. The predicted octanol–water partition coefficient (Wildman–Crippen LogP) is 1.32. The Balaban J connectivity index is 3.91. The van der Waals surface area contributed by atoms with Gasteiger partial charge in [-0.1, -0.05) is 13.2 Å². The van der Waals surface area contributed by atoms with Crippen LogP contribution in [-0.4, -0.2) is 18.4 Å². The molecule has 0 aromatic heterocycles. The van der Waals surface area contributed by atoms with Crippen LogP contribution >= 0.6 is 0 Å². The Morgan fingerprint density at radius 2 is 2.00 bits per heavy atom. The minimum Gasteiger partial charge on any atom is -0.422 e. The van der Waals surface area contributed by atoms with Crippen molar-refractivity contribution in [3.63, 3.8) is 0 Å². The zero-order chi connectivity index (χ0) is 11.1.